The summed E-state index contributed by atoms with van der Waals surface area (Å²) in [6.07, 6.45) is 3.88. The summed E-state index contributed by atoms with van der Waals surface area (Å²) in [4.78, 5) is 28.8. The van der Waals surface area contributed by atoms with Gasteiger partial charge in [-0.2, -0.15) is 0 Å². The maximum absolute atomic E-state index is 13.1. The first-order valence-electron chi connectivity index (χ1n) is 9.79. The summed E-state index contributed by atoms with van der Waals surface area (Å²) in [6, 6.07) is 13.6. The highest BCUT2D eigenvalue weighted by atomic mass is 16.3. The number of hydrogen-bond acceptors (Lipinski definition) is 3. The molecule has 2 aromatic rings. The van der Waals surface area contributed by atoms with Gasteiger partial charge in [-0.3, -0.25) is 9.59 Å². The van der Waals surface area contributed by atoms with Crippen LogP contribution in [0.15, 0.2) is 59.5 Å². The molecule has 0 saturated carbocycles. The van der Waals surface area contributed by atoms with Crippen LogP contribution >= 0.6 is 0 Å². The number of carbonyl (C=O) groups excluding carboxylic acids is 2. The van der Waals surface area contributed by atoms with E-state index in [4.69, 9.17) is 4.42 Å². The molecule has 0 spiro atoms. The maximum atomic E-state index is 13.1. The highest BCUT2D eigenvalue weighted by molar-refractivity contribution is 5.85. The number of furan rings is 1. The molecule has 2 rings (SSSR count). The fourth-order valence-electron chi connectivity index (χ4n) is 2.95. The largest absolute Gasteiger partial charge is 0.464 e. The summed E-state index contributed by atoms with van der Waals surface area (Å²) >= 11 is 0. The van der Waals surface area contributed by atoms with Gasteiger partial charge in [-0.05, 0) is 31.0 Å². The predicted molar refractivity (Wildman–Crippen MR) is 110 cm³/mol. The lowest BCUT2D eigenvalue weighted by molar-refractivity contribution is -0.141. The van der Waals surface area contributed by atoms with Crippen molar-refractivity contribution in [3.8, 4) is 0 Å². The Morgan fingerprint density at radius 2 is 1.79 bits per heavy atom. The van der Waals surface area contributed by atoms with Gasteiger partial charge in [0.25, 0.3) is 0 Å². The van der Waals surface area contributed by atoms with Crippen molar-refractivity contribution in [1.82, 2.24) is 9.80 Å². The molecule has 2 amide bonds. The Balaban J connectivity index is 2.13. The number of aryl methyl sites for hydroxylation is 1. The van der Waals surface area contributed by atoms with E-state index in [1.807, 2.05) is 56.3 Å². The molecule has 0 fully saturated rings. The molecule has 0 bridgehead atoms. The van der Waals surface area contributed by atoms with Crippen LogP contribution in [-0.4, -0.2) is 34.7 Å². The normalized spacial score (nSPS) is 10.5. The number of hydrogen-bond donors (Lipinski definition) is 0. The van der Waals surface area contributed by atoms with Gasteiger partial charge < -0.3 is 14.2 Å². The van der Waals surface area contributed by atoms with Gasteiger partial charge in [-0.1, -0.05) is 49.8 Å². The van der Waals surface area contributed by atoms with Crippen LogP contribution in [0.25, 0.3) is 0 Å². The van der Waals surface area contributed by atoms with Gasteiger partial charge in [0.1, 0.15) is 18.1 Å². The first-order chi connectivity index (χ1) is 13.5. The summed E-state index contributed by atoms with van der Waals surface area (Å²) in [5.74, 6) is 1.42. The molecule has 0 aliphatic rings. The van der Waals surface area contributed by atoms with E-state index in [1.165, 1.54) is 0 Å². The molecule has 0 radical (unpaired) electrons. The first-order valence-corrected chi connectivity index (χ1v) is 9.79. The van der Waals surface area contributed by atoms with Crippen molar-refractivity contribution >= 4 is 11.8 Å². The molecule has 0 aliphatic carbocycles. The predicted octanol–water partition coefficient (Wildman–Crippen LogP) is 4.32. The van der Waals surface area contributed by atoms with Crippen molar-refractivity contribution in [2.24, 2.45) is 0 Å². The van der Waals surface area contributed by atoms with Gasteiger partial charge in [0.2, 0.25) is 11.8 Å². The second kappa shape index (κ2) is 11.1. The standard InChI is InChI=1S/C23H30N2O3/c1-4-6-12-22(26)24(15-5-2)18-23(27)25(16-20-10-8-7-9-11-20)17-21-14-13-19(3)28-21/h5,7-11,13-14H,2,4,6,12,15-18H2,1,3H3. The molecule has 1 aromatic carbocycles. The Labute approximate surface area is 167 Å². The third-order valence-electron chi connectivity index (χ3n) is 4.48. The molecular weight excluding hydrogens is 352 g/mol. The quantitative estimate of drug-likeness (QED) is 0.544. The fourth-order valence-corrected chi connectivity index (χ4v) is 2.95. The molecule has 0 aliphatic heterocycles. The van der Waals surface area contributed by atoms with Gasteiger partial charge >= 0.3 is 0 Å². The molecule has 5 heteroatoms. The molecule has 0 unspecified atom stereocenters. The smallest absolute Gasteiger partial charge is 0.242 e. The van der Waals surface area contributed by atoms with Gasteiger partial charge in [0.15, 0.2) is 0 Å². The van der Waals surface area contributed by atoms with Crippen LogP contribution in [0.3, 0.4) is 0 Å². The van der Waals surface area contributed by atoms with E-state index >= 15 is 0 Å². The molecule has 1 heterocycles. The lowest BCUT2D eigenvalue weighted by Gasteiger charge is -2.27. The molecule has 0 saturated heterocycles. The third kappa shape index (κ3) is 6.72. The van der Waals surface area contributed by atoms with Crippen LogP contribution in [0.4, 0.5) is 0 Å². The van der Waals surface area contributed by atoms with E-state index in [9.17, 15) is 9.59 Å². The Morgan fingerprint density at radius 3 is 2.39 bits per heavy atom. The summed E-state index contributed by atoms with van der Waals surface area (Å²) in [5, 5.41) is 0. The number of unbranched alkanes of at least 4 members (excludes halogenated alkanes) is 1. The van der Waals surface area contributed by atoms with Gasteiger partial charge in [0.05, 0.1) is 6.54 Å². The molecule has 1 aromatic heterocycles. The molecule has 5 nitrogen and oxygen atoms in total. The van der Waals surface area contributed by atoms with E-state index in [0.717, 1.165) is 29.9 Å². The summed E-state index contributed by atoms with van der Waals surface area (Å²) in [6.45, 7) is 8.89. The number of nitrogens with zero attached hydrogens (tertiary/aromatic N) is 2. The van der Waals surface area contributed by atoms with Crippen LogP contribution in [-0.2, 0) is 22.7 Å². The van der Waals surface area contributed by atoms with E-state index in [0.29, 0.717) is 26.1 Å². The van der Waals surface area contributed by atoms with Crippen molar-refractivity contribution in [3.05, 3.63) is 72.2 Å². The van der Waals surface area contributed by atoms with E-state index in [2.05, 4.69) is 6.58 Å². The Hall–Kier alpha value is -2.82. The second-order valence-electron chi connectivity index (χ2n) is 6.91. The van der Waals surface area contributed by atoms with Crippen LogP contribution in [0, 0.1) is 6.92 Å². The van der Waals surface area contributed by atoms with E-state index < -0.39 is 0 Å². The molecule has 28 heavy (non-hydrogen) atoms. The zero-order valence-corrected chi connectivity index (χ0v) is 16.9. The number of benzene rings is 1. The lowest BCUT2D eigenvalue weighted by atomic mass is 10.2. The number of carbonyl (C=O) groups is 2. The van der Waals surface area contributed by atoms with Crippen molar-refractivity contribution in [2.45, 2.75) is 46.2 Å². The third-order valence-corrected chi connectivity index (χ3v) is 4.48. The van der Waals surface area contributed by atoms with Crippen molar-refractivity contribution in [2.75, 3.05) is 13.1 Å². The first kappa shape index (κ1) is 21.5. The fraction of sp³-hybridized carbons (Fsp3) is 0.391. The van der Waals surface area contributed by atoms with E-state index in [1.54, 1.807) is 15.9 Å². The SMILES string of the molecule is C=CCN(CC(=O)N(Cc1ccccc1)Cc1ccc(C)o1)C(=O)CCCC. The summed E-state index contributed by atoms with van der Waals surface area (Å²) in [7, 11) is 0. The van der Waals surface area contributed by atoms with Crippen LogP contribution in [0.5, 0.6) is 0 Å². The zero-order valence-electron chi connectivity index (χ0n) is 16.9. The Bertz CT molecular complexity index is 767. The molecule has 0 N–H and O–H groups in total. The molecule has 0 atom stereocenters. The minimum Gasteiger partial charge on any atom is -0.464 e. The average Bonchev–Trinajstić information content (AvgIpc) is 3.10. The van der Waals surface area contributed by atoms with Crippen molar-refractivity contribution < 1.29 is 14.0 Å². The number of rotatable bonds is 11. The second-order valence-corrected chi connectivity index (χ2v) is 6.91. The van der Waals surface area contributed by atoms with Gasteiger partial charge in [-0.25, -0.2) is 0 Å². The molecular formula is C23H30N2O3. The average molecular weight is 383 g/mol. The van der Waals surface area contributed by atoms with Crippen molar-refractivity contribution in [1.29, 1.82) is 0 Å². The summed E-state index contributed by atoms with van der Waals surface area (Å²) in [5.41, 5.74) is 1.03. The Kier molecular flexibility index (Phi) is 8.53. The molecule has 150 valence electrons. The monoisotopic (exact) mass is 382 g/mol. The Morgan fingerprint density at radius 1 is 1.04 bits per heavy atom. The minimum absolute atomic E-state index is 0.0106. The lowest BCUT2D eigenvalue weighted by Crippen LogP contribution is -2.42. The maximum Gasteiger partial charge on any atom is 0.242 e. The van der Waals surface area contributed by atoms with Crippen LogP contribution in [0.1, 0.15) is 43.3 Å². The van der Waals surface area contributed by atoms with Gasteiger partial charge in [-0.15, -0.1) is 6.58 Å². The highest BCUT2D eigenvalue weighted by Crippen LogP contribution is 2.14. The van der Waals surface area contributed by atoms with Crippen molar-refractivity contribution in [3.63, 3.8) is 0 Å². The van der Waals surface area contributed by atoms with E-state index in [-0.39, 0.29) is 18.4 Å². The highest BCUT2D eigenvalue weighted by Gasteiger charge is 2.21. The van der Waals surface area contributed by atoms with Gasteiger partial charge in [0, 0.05) is 19.5 Å². The van der Waals surface area contributed by atoms with Crippen LogP contribution < -0.4 is 0 Å². The topological polar surface area (TPSA) is 53.8 Å². The summed E-state index contributed by atoms with van der Waals surface area (Å²) < 4.78 is 5.66. The number of amides is 2. The zero-order chi connectivity index (χ0) is 20.4. The van der Waals surface area contributed by atoms with Crippen LogP contribution in [0.2, 0.25) is 0 Å². The minimum atomic E-state index is -0.107.